The highest BCUT2D eigenvalue weighted by Crippen LogP contribution is 2.33. The molecular weight excluding hydrogens is 267 g/mol. The zero-order valence-corrected chi connectivity index (χ0v) is 10.5. The molecule has 1 N–H and O–H groups in total. The Hall–Kier alpha value is -1.43. The molecule has 2 aromatic heterocycles. The number of pyridine rings is 1. The minimum atomic E-state index is -4.43. The first-order valence-electron chi connectivity index (χ1n) is 5.29. The van der Waals surface area contributed by atoms with Gasteiger partial charge in [-0.3, -0.25) is 4.40 Å². The van der Waals surface area contributed by atoms with Crippen LogP contribution in [0.3, 0.4) is 0 Å². The van der Waals surface area contributed by atoms with Crippen LogP contribution < -0.4 is 5.32 Å². The van der Waals surface area contributed by atoms with E-state index >= 15 is 0 Å². The van der Waals surface area contributed by atoms with Gasteiger partial charge in [-0.15, -0.1) is 0 Å². The SMILES string of the molecule is CC(C)Nc1ncc2c(Cl)cc(C(F)(F)F)cn12. The van der Waals surface area contributed by atoms with Crippen molar-refractivity contribution >= 4 is 23.1 Å². The maximum absolute atomic E-state index is 12.7. The van der Waals surface area contributed by atoms with E-state index in [0.29, 0.717) is 11.5 Å². The van der Waals surface area contributed by atoms with Gasteiger partial charge in [0.15, 0.2) is 0 Å². The van der Waals surface area contributed by atoms with E-state index in [0.717, 1.165) is 12.3 Å². The number of rotatable bonds is 2. The number of anilines is 1. The van der Waals surface area contributed by atoms with E-state index in [4.69, 9.17) is 11.6 Å². The first-order valence-corrected chi connectivity index (χ1v) is 5.67. The van der Waals surface area contributed by atoms with Crippen molar-refractivity contribution in [2.75, 3.05) is 5.32 Å². The third-order valence-electron chi connectivity index (χ3n) is 2.34. The second kappa shape index (κ2) is 4.35. The van der Waals surface area contributed by atoms with Crippen molar-refractivity contribution in [1.29, 1.82) is 0 Å². The molecule has 0 fully saturated rings. The predicted octanol–water partition coefficient (Wildman–Crippen LogP) is 3.83. The summed E-state index contributed by atoms with van der Waals surface area (Å²) >= 11 is 5.83. The fourth-order valence-corrected chi connectivity index (χ4v) is 1.83. The van der Waals surface area contributed by atoms with E-state index in [1.54, 1.807) is 0 Å². The smallest absolute Gasteiger partial charge is 0.353 e. The zero-order valence-electron chi connectivity index (χ0n) is 9.72. The molecule has 0 spiro atoms. The van der Waals surface area contributed by atoms with Crippen LogP contribution in [-0.2, 0) is 6.18 Å². The molecule has 2 aromatic rings. The molecule has 0 unspecified atom stereocenters. The Morgan fingerprint density at radius 1 is 1.39 bits per heavy atom. The van der Waals surface area contributed by atoms with Gasteiger partial charge < -0.3 is 5.32 Å². The van der Waals surface area contributed by atoms with E-state index in [1.807, 2.05) is 13.8 Å². The van der Waals surface area contributed by atoms with Gasteiger partial charge in [-0.05, 0) is 19.9 Å². The quantitative estimate of drug-likeness (QED) is 0.904. The van der Waals surface area contributed by atoms with Crippen molar-refractivity contribution in [3.05, 3.63) is 29.0 Å². The number of aromatic nitrogens is 2. The molecule has 0 saturated carbocycles. The number of halogens is 4. The van der Waals surface area contributed by atoms with Crippen LogP contribution in [0.4, 0.5) is 19.1 Å². The van der Waals surface area contributed by atoms with E-state index in [1.165, 1.54) is 10.6 Å². The Morgan fingerprint density at radius 3 is 2.61 bits per heavy atom. The fraction of sp³-hybridized carbons (Fsp3) is 0.364. The minimum Gasteiger partial charge on any atom is -0.353 e. The summed E-state index contributed by atoms with van der Waals surface area (Å²) in [6.07, 6.45) is -2.01. The van der Waals surface area contributed by atoms with Gasteiger partial charge >= 0.3 is 6.18 Å². The number of fused-ring (bicyclic) bond motifs is 1. The highest BCUT2D eigenvalue weighted by Gasteiger charge is 2.32. The van der Waals surface area contributed by atoms with E-state index < -0.39 is 11.7 Å². The lowest BCUT2D eigenvalue weighted by atomic mass is 10.2. The van der Waals surface area contributed by atoms with Crippen molar-refractivity contribution < 1.29 is 13.2 Å². The molecule has 7 heteroatoms. The van der Waals surface area contributed by atoms with Crippen molar-refractivity contribution in [3.63, 3.8) is 0 Å². The molecule has 0 amide bonds. The summed E-state index contributed by atoms with van der Waals surface area (Å²) in [4.78, 5) is 4.02. The molecule has 18 heavy (non-hydrogen) atoms. The second-order valence-corrected chi connectivity index (χ2v) is 4.62. The van der Waals surface area contributed by atoms with Crippen molar-refractivity contribution in [2.45, 2.75) is 26.1 Å². The highest BCUT2D eigenvalue weighted by molar-refractivity contribution is 6.33. The van der Waals surface area contributed by atoms with Crippen LogP contribution in [0.5, 0.6) is 0 Å². The molecule has 0 aliphatic carbocycles. The molecule has 0 bridgehead atoms. The molecular formula is C11H11ClF3N3. The summed E-state index contributed by atoms with van der Waals surface area (Å²) in [5.41, 5.74) is -0.363. The standard InChI is InChI=1S/C11H11ClF3N3/c1-6(2)17-10-16-4-9-8(12)3-7(5-18(9)10)11(13,14)15/h3-6H,1-2H3,(H,16,17). The number of imidazole rings is 1. The van der Waals surface area contributed by atoms with Crippen molar-refractivity contribution in [1.82, 2.24) is 9.38 Å². The zero-order chi connectivity index (χ0) is 13.5. The lowest BCUT2D eigenvalue weighted by Gasteiger charge is -2.11. The predicted molar refractivity (Wildman–Crippen MR) is 64.0 cm³/mol. The van der Waals surface area contributed by atoms with E-state index in [2.05, 4.69) is 10.3 Å². The lowest BCUT2D eigenvalue weighted by molar-refractivity contribution is -0.137. The number of nitrogens with one attached hydrogen (secondary N) is 1. The number of hydrogen-bond acceptors (Lipinski definition) is 2. The fourth-order valence-electron chi connectivity index (χ4n) is 1.58. The molecule has 0 saturated heterocycles. The van der Waals surface area contributed by atoms with Crippen LogP contribution in [0.1, 0.15) is 19.4 Å². The number of alkyl halides is 3. The highest BCUT2D eigenvalue weighted by atomic mass is 35.5. The van der Waals surface area contributed by atoms with Gasteiger partial charge in [-0.2, -0.15) is 13.2 Å². The normalized spacial score (nSPS) is 12.4. The summed E-state index contributed by atoms with van der Waals surface area (Å²) in [6.45, 7) is 3.74. The monoisotopic (exact) mass is 277 g/mol. The molecule has 0 aromatic carbocycles. The molecule has 2 rings (SSSR count). The Kier molecular flexibility index (Phi) is 3.14. The summed E-state index contributed by atoms with van der Waals surface area (Å²) < 4.78 is 39.4. The average molecular weight is 278 g/mol. The van der Waals surface area contributed by atoms with Crippen LogP contribution in [0.25, 0.3) is 5.52 Å². The van der Waals surface area contributed by atoms with E-state index in [-0.39, 0.29) is 11.1 Å². The summed E-state index contributed by atoms with van der Waals surface area (Å²) in [6, 6.07) is 0.960. The summed E-state index contributed by atoms with van der Waals surface area (Å²) in [5.74, 6) is 0.341. The van der Waals surface area contributed by atoms with Gasteiger partial charge in [-0.25, -0.2) is 4.98 Å². The van der Waals surface area contributed by atoms with Gasteiger partial charge in [0.1, 0.15) is 0 Å². The van der Waals surface area contributed by atoms with E-state index in [9.17, 15) is 13.2 Å². The Morgan fingerprint density at radius 2 is 2.06 bits per heavy atom. The summed E-state index contributed by atoms with van der Waals surface area (Å²) in [7, 11) is 0. The van der Waals surface area contributed by atoms with Crippen LogP contribution >= 0.6 is 11.6 Å². The van der Waals surface area contributed by atoms with Gasteiger partial charge in [0.25, 0.3) is 0 Å². The van der Waals surface area contributed by atoms with Crippen LogP contribution in [0.2, 0.25) is 5.02 Å². The second-order valence-electron chi connectivity index (χ2n) is 4.21. The Balaban J connectivity index is 2.61. The molecule has 0 atom stereocenters. The third-order valence-corrected chi connectivity index (χ3v) is 2.64. The first kappa shape index (κ1) is 13.0. The first-order chi connectivity index (χ1) is 8.29. The summed E-state index contributed by atoms with van der Waals surface area (Å²) in [5, 5.41) is 2.98. The molecule has 0 aliphatic heterocycles. The van der Waals surface area contributed by atoms with Crippen LogP contribution in [0, 0.1) is 0 Å². The van der Waals surface area contributed by atoms with Gasteiger partial charge in [0.05, 0.1) is 22.3 Å². The molecule has 3 nitrogen and oxygen atoms in total. The molecule has 98 valence electrons. The number of hydrogen-bond donors (Lipinski definition) is 1. The van der Waals surface area contributed by atoms with Crippen molar-refractivity contribution in [2.24, 2.45) is 0 Å². The topological polar surface area (TPSA) is 29.3 Å². The van der Waals surface area contributed by atoms with Crippen LogP contribution in [-0.4, -0.2) is 15.4 Å². The van der Waals surface area contributed by atoms with Crippen molar-refractivity contribution in [3.8, 4) is 0 Å². The third kappa shape index (κ3) is 2.38. The minimum absolute atomic E-state index is 0.0223. The number of nitrogens with zero attached hydrogens (tertiary/aromatic N) is 2. The molecule has 0 radical (unpaired) electrons. The maximum atomic E-state index is 12.7. The molecule has 0 aliphatic rings. The Labute approximate surface area is 107 Å². The Bertz CT molecular complexity index is 575. The van der Waals surface area contributed by atoms with Crippen LogP contribution in [0.15, 0.2) is 18.5 Å². The van der Waals surface area contributed by atoms with Gasteiger partial charge in [0.2, 0.25) is 5.95 Å². The average Bonchev–Trinajstić information content (AvgIpc) is 2.60. The van der Waals surface area contributed by atoms with Gasteiger partial charge in [0, 0.05) is 12.2 Å². The maximum Gasteiger partial charge on any atom is 0.417 e. The largest absolute Gasteiger partial charge is 0.417 e. The van der Waals surface area contributed by atoms with Gasteiger partial charge in [-0.1, -0.05) is 11.6 Å². The lowest BCUT2D eigenvalue weighted by Crippen LogP contribution is -2.13. The molecule has 2 heterocycles.